The summed E-state index contributed by atoms with van der Waals surface area (Å²) < 4.78 is 0. The molecule has 6 heteroatoms. The minimum Gasteiger partial charge on any atom is -0.481 e. The van der Waals surface area contributed by atoms with E-state index in [4.69, 9.17) is 5.11 Å². The number of nitrogens with one attached hydrogen (secondary N) is 1. The van der Waals surface area contributed by atoms with Crippen LogP contribution in [0.1, 0.15) is 40.5 Å². The Morgan fingerprint density at radius 1 is 1.30 bits per heavy atom. The molecular weight excluding hydrogens is 260 g/mol. The van der Waals surface area contributed by atoms with E-state index >= 15 is 0 Å². The number of carbonyl (C=O) groups is 3. The Morgan fingerprint density at radius 3 is 2.40 bits per heavy atom. The van der Waals surface area contributed by atoms with Crippen molar-refractivity contribution in [2.75, 3.05) is 13.1 Å². The first kappa shape index (κ1) is 16.5. The van der Waals surface area contributed by atoms with Crippen molar-refractivity contribution in [1.82, 2.24) is 10.2 Å². The Morgan fingerprint density at radius 2 is 1.90 bits per heavy atom. The van der Waals surface area contributed by atoms with Gasteiger partial charge in [0.15, 0.2) is 0 Å². The van der Waals surface area contributed by atoms with Gasteiger partial charge < -0.3 is 15.3 Å². The second-order valence-electron chi connectivity index (χ2n) is 6.41. The van der Waals surface area contributed by atoms with Crippen LogP contribution in [0.3, 0.4) is 0 Å². The number of hydrogen-bond acceptors (Lipinski definition) is 3. The molecule has 0 aromatic carbocycles. The Hall–Kier alpha value is -1.59. The van der Waals surface area contributed by atoms with Crippen LogP contribution in [0.4, 0.5) is 0 Å². The molecule has 2 atom stereocenters. The highest BCUT2D eigenvalue weighted by molar-refractivity contribution is 5.89. The molecule has 2 N–H and O–H groups in total. The summed E-state index contributed by atoms with van der Waals surface area (Å²) in [7, 11) is 0. The number of piperidine rings is 1. The van der Waals surface area contributed by atoms with Gasteiger partial charge in [0.05, 0.1) is 5.92 Å². The second-order valence-corrected chi connectivity index (χ2v) is 6.41. The number of aliphatic carboxylic acids is 1. The number of carbonyl (C=O) groups excluding carboxylic acids is 2. The van der Waals surface area contributed by atoms with Crippen LogP contribution in [0.5, 0.6) is 0 Å². The van der Waals surface area contributed by atoms with Gasteiger partial charge in [0.25, 0.3) is 0 Å². The molecule has 0 saturated carbocycles. The van der Waals surface area contributed by atoms with E-state index < -0.39 is 23.3 Å². The molecule has 2 unspecified atom stereocenters. The average Bonchev–Trinajstić information content (AvgIpc) is 2.36. The highest BCUT2D eigenvalue weighted by atomic mass is 16.4. The molecule has 0 spiro atoms. The maximum Gasteiger partial charge on any atom is 0.308 e. The van der Waals surface area contributed by atoms with Crippen LogP contribution in [0.2, 0.25) is 0 Å². The molecule has 0 aliphatic carbocycles. The zero-order valence-electron chi connectivity index (χ0n) is 12.6. The average molecular weight is 284 g/mol. The molecule has 1 saturated heterocycles. The molecule has 1 aliphatic rings. The third kappa shape index (κ3) is 4.21. The van der Waals surface area contributed by atoms with Crippen LogP contribution in [0.25, 0.3) is 0 Å². The Kier molecular flexibility index (Phi) is 5.14. The van der Waals surface area contributed by atoms with Crippen molar-refractivity contribution in [2.45, 2.75) is 46.6 Å². The van der Waals surface area contributed by atoms with Gasteiger partial charge in [0.1, 0.15) is 6.04 Å². The Balaban J connectivity index is 2.60. The first-order chi connectivity index (χ1) is 9.12. The quantitative estimate of drug-likeness (QED) is 0.804. The lowest BCUT2D eigenvalue weighted by atomic mass is 9.95. The largest absolute Gasteiger partial charge is 0.481 e. The van der Waals surface area contributed by atoms with E-state index in [-0.39, 0.29) is 18.4 Å². The summed E-state index contributed by atoms with van der Waals surface area (Å²) in [5.41, 5.74) is -0.556. The fourth-order valence-electron chi connectivity index (χ4n) is 2.13. The van der Waals surface area contributed by atoms with Gasteiger partial charge >= 0.3 is 5.97 Å². The van der Waals surface area contributed by atoms with Gasteiger partial charge in [0, 0.05) is 18.5 Å². The molecule has 0 bridgehead atoms. The first-order valence-corrected chi connectivity index (χ1v) is 6.95. The van der Waals surface area contributed by atoms with Crippen molar-refractivity contribution >= 4 is 17.8 Å². The summed E-state index contributed by atoms with van der Waals surface area (Å²) >= 11 is 0. The van der Waals surface area contributed by atoms with E-state index in [0.717, 1.165) is 0 Å². The molecular formula is C14H24N2O4. The number of carboxylic acid groups (broad SMARTS) is 1. The zero-order valence-corrected chi connectivity index (χ0v) is 12.6. The number of hydrogen-bond donors (Lipinski definition) is 2. The van der Waals surface area contributed by atoms with Gasteiger partial charge in [-0.05, 0) is 19.8 Å². The molecule has 0 radical (unpaired) electrons. The van der Waals surface area contributed by atoms with Crippen LogP contribution in [0, 0.1) is 11.3 Å². The fourth-order valence-corrected chi connectivity index (χ4v) is 2.13. The molecule has 1 aliphatic heterocycles. The number of carboxylic acids is 1. The highest BCUT2D eigenvalue weighted by Gasteiger charge is 2.32. The molecule has 0 aromatic rings. The molecule has 1 rings (SSSR count). The second kappa shape index (κ2) is 6.24. The van der Waals surface area contributed by atoms with Gasteiger partial charge in [-0.25, -0.2) is 0 Å². The van der Waals surface area contributed by atoms with E-state index in [1.807, 2.05) is 0 Å². The molecule has 1 heterocycles. The maximum atomic E-state index is 12.2. The summed E-state index contributed by atoms with van der Waals surface area (Å²) in [5, 5.41) is 11.7. The maximum absolute atomic E-state index is 12.2. The van der Waals surface area contributed by atoms with Crippen molar-refractivity contribution in [1.29, 1.82) is 0 Å². The summed E-state index contributed by atoms with van der Waals surface area (Å²) in [6.45, 7) is 7.75. The van der Waals surface area contributed by atoms with Gasteiger partial charge in [-0.3, -0.25) is 14.4 Å². The molecule has 6 nitrogen and oxygen atoms in total. The molecule has 0 aromatic heterocycles. The first-order valence-electron chi connectivity index (χ1n) is 6.95. The van der Waals surface area contributed by atoms with E-state index in [1.54, 1.807) is 27.7 Å². The fraction of sp³-hybridized carbons (Fsp3) is 0.786. The van der Waals surface area contributed by atoms with E-state index in [9.17, 15) is 14.4 Å². The van der Waals surface area contributed by atoms with E-state index in [1.165, 1.54) is 4.90 Å². The monoisotopic (exact) mass is 284 g/mol. The van der Waals surface area contributed by atoms with Crippen molar-refractivity contribution < 1.29 is 19.5 Å². The predicted molar refractivity (Wildman–Crippen MR) is 74.0 cm³/mol. The van der Waals surface area contributed by atoms with Gasteiger partial charge in [0.2, 0.25) is 11.8 Å². The number of amides is 2. The van der Waals surface area contributed by atoms with Gasteiger partial charge in [-0.15, -0.1) is 0 Å². The third-order valence-electron chi connectivity index (χ3n) is 3.48. The minimum absolute atomic E-state index is 0.190. The van der Waals surface area contributed by atoms with Crippen LogP contribution in [-0.4, -0.2) is 46.9 Å². The van der Waals surface area contributed by atoms with Gasteiger partial charge in [-0.2, -0.15) is 0 Å². The zero-order chi connectivity index (χ0) is 15.5. The number of likely N-dealkylation sites (tertiary alicyclic amines) is 1. The normalized spacial score (nSPS) is 21.2. The predicted octanol–water partition coefficient (Wildman–Crippen LogP) is 0.860. The SMILES string of the molecule is CC(NC(=O)C(C)(C)C)C(=O)N1CCCC(C(=O)O)C1. The topological polar surface area (TPSA) is 86.7 Å². The number of rotatable bonds is 3. The van der Waals surface area contributed by atoms with Crippen molar-refractivity contribution in [3.63, 3.8) is 0 Å². The standard InChI is InChI=1S/C14H24N2O4/c1-9(15-13(20)14(2,3)4)11(17)16-7-5-6-10(8-16)12(18)19/h9-10H,5-8H2,1-4H3,(H,15,20)(H,18,19). The summed E-state index contributed by atoms with van der Waals surface area (Å²) in [4.78, 5) is 36.6. The van der Waals surface area contributed by atoms with Crippen molar-refractivity contribution in [3.8, 4) is 0 Å². The van der Waals surface area contributed by atoms with Crippen molar-refractivity contribution in [3.05, 3.63) is 0 Å². The molecule has 20 heavy (non-hydrogen) atoms. The Labute approximate surface area is 119 Å². The Bertz CT molecular complexity index is 400. The lowest BCUT2D eigenvalue weighted by Crippen LogP contribution is -2.52. The molecule has 1 fully saturated rings. The van der Waals surface area contributed by atoms with Crippen LogP contribution >= 0.6 is 0 Å². The lowest BCUT2D eigenvalue weighted by molar-refractivity contribution is -0.147. The van der Waals surface area contributed by atoms with Crippen molar-refractivity contribution in [2.24, 2.45) is 11.3 Å². The molecule has 114 valence electrons. The highest BCUT2D eigenvalue weighted by Crippen LogP contribution is 2.18. The van der Waals surface area contributed by atoms with Gasteiger partial charge in [-0.1, -0.05) is 20.8 Å². The van der Waals surface area contributed by atoms with E-state index in [0.29, 0.717) is 19.4 Å². The summed E-state index contributed by atoms with van der Waals surface area (Å²) in [6, 6.07) is -0.630. The summed E-state index contributed by atoms with van der Waals surface area (Å²) in [5.74, 6) is -1.77. The molecule has 2 amide bonds. The summed E-state index contributed by atoms with van der Waals surface area (Å²) in [6.07, 6.45) is 1.28. The third-order valence-corrected chi connectivity index (χ3v) is 3.48. The smallest absolute Gasteiger partial charge is 0.308 e. The van der Waals surface area contributed by atoms with Crippen LogP contribution in [-0.2, 0) is 14.4 Å². The number of nitrogens with zero attached hydrogens (tertiary/aromatic N) is 1. The van der Waals surface area contributed by atoms with Crippen LogP contribution in [0.15, 0.2) is 0 Å². The van der Waals surface area contributed by atoms with E-state index in [2.05, 4.69) is 5.32 Å². The lowest BCUT2D eigenvalue weighted by Gasteiger charge is -2.33. The van der Waals surface area contributed by atoms with Crippen LogP contribution < -0.4 is 5.32 Å². The minimum atomic E-state index is -0.867.